The molecule has 5 heterocycles. The number of hydrogen-bond donors (Lipinski definition) is 2. The van der Waals surface area contributed by atoms with Crippen molar-refractivity contribution in [3.05, 3.63) is 35.4 Å². The van der Waals surface area contributed by atoms with E-state index in [1.807, 2.05) is 29.2 Å². The molecule has 0 amide bonds. The number of pyridine rings is 1. The van der Waals surface area contributed by atoms with Gasteiger partial charge in [-0.3, -0.25) is 0 Å². The molecule has 0 spiro atoms. The lowest BCUT2D eigenvalue weighted by Crippen LogP contribution is -2.34. The Morgan fingerprint density at radius 2 is 1.97 bits per heavy atom. The maximum Gasteiger partial charge on any atom is 0.296 e. The number of nitrogens with one attached hydrogen (secondary N) is 1. The van der Waals surface area contributed by atoms with Crippen molar-refractivity contribution in [1.29, 1.82) is 0 Å². The van der Waals surface area contributed by atoms with Gasteiger partial charge in [0.2, 0.25) is 0 Å². The Kier molecular flexibility index (Phi) is 4.94. The number of H-pyrrole nitrogens is 1. The number of aromatic nitrogens is 3. The highest BCUT2D eigenvalue weighted by molar-refractivity contribution is 6.33. The van der Waals surface area contributed by atoms with E-state index in [0.717, 1.165) is 17.8 Å². The average molecular weight is 461 g/mol. The van der Waals surface area contributed by atoms with E-state index in [2.05, 4.69) is 15.0 Å². The second-order valence-corrected chi connectivity index (χ2v) is 8.84. The van der Waals surface area contributed by atoms with Gasteiger partial charge in [-0.15, -0.1) is 0 Å². The minimum absolute atomic E-state index is 0.237. The molecule has 0 radical (unpaired) electrons. The molecule has 3 aliphatic heterocycles. The van der Waals surface area contributed by atoms with Crippen molar-refractivity contribution < 1.29 is 23.7 Å². The molecule has 2 aromatic heterocycles. The Hall–Kier alpha value is -2.46. The highest BCUT2D eigenvalue weighted by atomic mass is 35.5. The Bertz CT molecular complexity index is 1140. The van der Waals surface area contributed by atoms with E-state index in [1.165, 1.54) is 0 Å². The van der Waals surface area contributed by atoms with Gasteiger partial charge < -0.3 is 29.2 Å². The summed E-state index contributed by atoms with van der Waals surface area (Å²) in [5, 5.41) is 10.4. The van der Waals surface area contributed by atoms with E-state index in [0.29, 0.717) is 47.5 Å². The summed E-state index contributed by atoms with van der Waals surface area (Å²) in [5.41, 5.74) is 3.57. The fraction of sp³-hybridized carbons (Fsp3) is 0.455. The molecule has 8 nitrogen and oxygen atoms in total. The topological polar surface area (TPSA) is 92.7 Å². The zero-order valence-corrected chi connectivity index (χ0v) is 17.8. The largest absolute Gasteiger partial charge is 0.456 e. The van der Waals surface area contributed by atoms with E-state index in [1.54, 1.807) is 6.07 Å². The van der Waals surface area contributed by atoms with Gasteiger partial charge in [-0.2, -0.15) is 4.98 Å². The smallest absolute Gasteiger partial charge is 0.296 e. The third kappa shape index (κ3) is 3.49. The van der Waals surface area contributed by atoms with Crippen molar-refractivity contribution >= 4 is 28.5 Å². The van der Waals surface area contributed by atoms with Crippen molar-refractivity contribution in [2.45, 2.75) is 37.0 Å². The molecule has 1 aromatic carbocycles. The highest BCUT2D eigenvalue weighted by Gasteiger charge is 2.48. The minimum atomic E-state index is -0.767. The molecular formula is C22H22ClFN4O4. The van der Waals surface area contributed by atoms with Crippen LogP contribution in [0.5, 0.6) is 6.01 Å². The molecule has 3 fully saturated rings. The van der Waals surface area contributed by atoms with E-state index in [4.69, 9.17) is 25.8 Å². The number of benzene rings is 1. The lowest BCUT2D eigenvalue weighted by Gasteiger charge is -2.17. The summed E-state index contributed by atoms with van der Waals surface area (Å²) >= 11 is 6.51. The van der Waals surface area contributed by atoms with Gasteiger partial charge in [-0.05, 0) is 24.6 Å². The van der Waals surface area contributed by atoms with Crippen molar-refractivity contribution in [3.8, 4) is 17.3 Å². The number of halogens is 2. The number of aliphatic hydroxyl groups excluding tert-OH is 1. The molecular weight excluding hydrogens is 439 g/mol. The van der Waals surface area contributed by atoms with Gasteiger partial charge >= 0.3 is 0 Å². The number of aromatic amines is 1. The first-order valence-electron chi connectivity index (χ1n) is 10.7. The maximum absolute atomic E-state index is 13.5. The van der Waals surface area contributed by atoms with Gasteiger partial charge in [0, 0.05) is 24.3 Å². The first-order chi connectivity index (χ1) is 15.5. The Morgan fingerprint density at radius 3 is 2.75 bits per heavy atom. The van der Waals surface area contributed by atoms with Crippen LogP contribution < -0.4 is 9.64 Å². The van der Waals surface area contributed by atoms with Gasteiger partial charge in [0.05, 0.1) is 29.4 Å². The molecule has 0 aliphatic carbocycles. The number of hydrogen-bond acceptors (Lipinski definition) is 7. The fourth-order valence-corrected chi connectivity index (χ4v) is 4.89. The molecule has 3 aromatic rings. The molecule has 10 heteroatoms. The zero-order valence-electron chi connectivity index (χ0n) is 17.1. The van der Waals surface area contributed by atoms with Crippen LogP contribution in [0.25, 0.3) is 22.4 Å². The summed E-state index contributed by atoms with van der Waals surface area (Å²) in [7, 11) is 0. The van der Waals surface area contributed by atoms with Crippen molar-refractivity contribution in [2.24, 2.45) is 0 Å². The van der Waals surface area contributed by atoms with Crippen LogP contribution in [0, 0.1) is 0 Å². The lowest BCUT2D eigenvalue weighted by molar-refractivity contribution is 0.00706. The molecule has 168 valence electrons. The second kappa shape index (κ2) is 7.84. The van der Waals surface area contributed by atoms with E-state index in [9.17, 15) is 9.50 Å². The molecule has 0 saturated carbocycles. The van der Waals surface area contributed by atoms with Crippen molar-refractivity contribution in [1.82, 2.24) is 15.0 Å². The monoisotopic (exact) mass is 460 g/mol. The van der Waals surface area contributed by atoms with Gasteiger partial charge in [0.15, 0.2) is 11.8 Å². The predicted octanol–water partition coefficient (Wildman–Crippen LogP) is 2.73. The van der Waals surface area contributed by atoms with Crippen molar-refractivity contribution in [2.75, 3.05) is 31.2 Å². The number of nitrogens with zero attached hydrogens (tertiary/aromatic N) is 3. The van der Waals surface area contributed by atoms with Gasteiger partial charge in [0.1, 0.15) is 24.5 Å². The fourth-order valence-electron chi connectivity index (χ4n) is 4.62. The highest BCUT2D eigenvalue weighted by Crippen LogP contribution is 2.33. The molecule has 2 N–H and O–H groups in total. The second-order valence-electron chi connectivity index (χ2n) is 8.43. The van der Waals surface area contributed by atoms with Crippen LogP contribution in [0.4, 0.5) is 10.1 Å². The van der Waals surface area contributed by atoms with Crippen LogP contribution in [-0.2, 0) is 9.47 Å². The number of imidazole rings is 1. The number of alkyl halides is 1. The van der Waals surface area contributed by atoms with Crippen molar-refractivity contribution in [3.63, 3.8) is 0 Å². The summed E-state index contributed by atoms with van der Waals surface area (Å²) in [6.45, 7) is 1.70. The molecule has 3 saturated heterocycles. The standard InChI is InChI=1S/C22H22ClFN4O4/c23-14-7-15-21(27-22(25-15)32-17-10-31-19-16(29)9-30-20(17)19)26-18(14)11-1-3-13(4-2-11)28-6-5-12(24)8-28/h1-4,7,12,16-17,19-20,29H,5-6,8-10H2,(H,25,26,27)/t12-,16-,17-,19?,20?/m1/s1. The first kappa shape index (κ1) is 20.2. The van der Waals surface area contributed by atoms with Crippen LogP contribution in [0.3, 0.4) is 0 Å². The third-order valence-corrected chi connectivity index (χ3v) is 6.57. The van der Waals surface area contributed by atoms with E-state index < -0.39 is 12.3 Å². The van der Waals surface area contributed by atoms with Crippen LogP contribution >= 0.6 is 11.6 Å². The number of rotatable bonds is 4. The first-order valence-corrected chi connectivity index (χ1v) is 11.1. The lowest BCUT2D eigenvalue weighted by atomic mass is 10.1. The molecule has 2 unspecified atom stereocenters. The molecule has 0 bridgehead atoms. The molecule has 3 aliphatic rings. The Labute approximate surface area is 188 Å². The normalized spacial score (nSPS) is 29.7. The molecule has 32 heavy (non-hydrogen) atoms. The number of fused-ring (bicyclic) bond motifs is 2. The Balaban J connectivity index is 1.23. The summed E-state index contributed by atoms with van der Waals surface area (Å²) in [6, 6.07) is 9.85. The van der Waals surface area contributed by atoms with Gasteiger partial charge in [0.25, 0.3) is 6.01 Å². The summed E-state index contributed by atoms with van der Waals surface area (Å²) in [5.74, 6) is 0. The predicted molar refractivity (Wildman–Crippen MR) is 116 cm³/mol. The van der Waals surface area contributed by atoms with Gasteiger partial charge in [-0.1, -0.05) is 23.7 Å². The SMILES string of the molecule is O[C@@H]1COC2C1OC[C@H]2Oc1nc2nc(-c3ccc(N4CC[C@@H](F)C4)cc3)c(Cl)cc2[nH]1. The van der Waals surface area contributed by atoms with Crippen LogP contribution in [0.1, 0.15) is 6.42 Å². The van der Waals surface area contributed by atoms with Gasteiger partial charge in [-0.25, -0.2) is 9.37 Å². The minimum Gasteiger partial charge on any atom is -0.456 e. The summed E-state index contributed by atoms with van der Waals surface area (Å²) in [4.78, 5) is 14.2. The maximum atomic E-state index is 13.5. The number of anilines is 1. The van der Waals surface area contributed by atoms with Crippen LogP contribution in [-0.4, -0.2) is 76.9 Å². The molecule has 5 atom stereocenters. The van der Waals surface area contributed by atoms with E-state index >= 15 is 0 Å². The average Bonchev–Trinajstić information content (AvgIpc) is 3.55. The Morgan fingerprint density at radius 1 is 1.16 bits per heavy atom. The summed E-state index contributed by atoms with van der Waals surface area (Å²) < 4.78 is 30.6. The quantitative estimate of drug-likeness (QED) is 0.618. The van der Waals surface area contributed by atoms with E-state index in [-0.39, 0.29) is 24.9 Å². The van der Waals surface area contributed by atoms with Crippen LogP contribution in [0.2, 0.25) is 5.02 Å². The molecule has 6 rings (SSSR count). The van der Waals surface area contributed by atoms with Crippen LogP contribution in [0.15, 0.2) is 30.3 Å². The third-order valence-electron chi connectivity index (χ3n) is 6.29. The zero-order chi connectivity index (χ0) is 21.8. The summed E-state index contributed by atoms with van der Waals surface area (Å²) in [6.07, 6.45) is -1.90. The number of ether oxygens (including phenoxy) is 3. The number of aliphatic hydroxyl groups is 1.